The summed E-state index contributed by atoms with van der Waals surface area (Å²) in [7, 11) is 0. The summed E-state index contributed by atoms with van der Waals surface area (Å²) in [5.74, 6) is 1.05. The zero-order valence-electron chi connectivity index (χ0n) is 20.7. The lowest BCUT2D eigenvalue weighted by atomic mass is 9.85. The predicted molar refractivity (Wildman–Crippen MR) is 148 cm³/mol. The molecule has 4 heterocycles. The first-order valence-electron chi connectivity index (χ1n) is 12.9. The zero-order valence-corrected chi connectivity index (χ0v) is 22.2. The molecule has 192 valence electrons. The number of anilines is 2. The third-order valence-electron chi connectivity index (χ3n) is 7.60. The number of benzene rings is 1. The number of rotatable bonds is 7. The van der Waals surface area contributed by atoms with Crippen molar-refractivity contribution in [3.05, 3.63) is 75.9 Å². The molecule has 1 aliphatic heterocycles. The van der Waals surface area contributed by atoms with E-state index in [4.69, 9.17) is 11.6 Å². The Hall–Kier alpha value is -2.65. The Bertz CT molecular complexity index is 1370. The minimum atomic E-state index is -0.425. The number of thiophene rings is 1. The molecule has 9 heteroatoms. The van der Waals surface area contributed by atoms with Crippen LogP contribution in [-0.4, -0.2) is 57.5 Å². The topological polar surface area (TPSA) is 57.2 Å². The fourth-order valence-electron chi connectivity index (χ4n) is 5.51. The quantitative estimate of drug-likeness (QED) is 0.316. The van der Waals surface area contributed by atoms with Crippen molar-refractivity contribution in [2.45, 2.75) is 32.2 Å². The largest absolute Gasteiger partial charge is 0.340 e. The maximum Gasteiger partial charge on any atom is 0.142 e. The number of aromatic nitrogens is 3. The molecule has 1 aromatic carbocycles. The second kappa shape index (κ2) is 11.0. The fourth-order valence-corrected chi connectivity index (χ4v) is 6.99. The molecule has 3 aromatic heterocycles. The van der Waals surface area contributed by atoms with E-state index < -0.39 is 5.82 Å². The van der Waals surface area contributed by atoms with Gasteiger partial charge in [0.2, 0.25) is 0 Å². The first kappa shape index (κ1) is 24.7. The highest BCUT2D eigenvalue weighted by atomic mass is 35.5. The third-order valence-corrected chi connectivity index (χ3v) is 9.06. The maximum absolute atomic E-state index is 13.6. The molecule has 0 amide bonds. The molecule has 1 saturated heterocycles. The van der Waals surface area contributed by atoms with E-state index in [1.165, 1.54) is 41.5 Å². The van der Waals surface area contributed by atoms with Crippen LogP contribution in [0.1, 0.15) is 28.8 Å². The average Bonchev–Trinajstić information content (AvgIpc) is 3.30. The standard InChI is InChI=1S/C28H30ClFN6S/c29-23-16-21(2-4-24(23)30)34-27-26-22-3-1-19(15-25(22)37-28(26)33-18-32-27)7-10-35-11-13-36(14-12-35)17-20-5-8-31-9-6-20/h2,4-6,8-9,16,18-19H,1,3,7,10-15,17H2,(H,32,33,34). The van der Waals surface area contributed by atoms with Crippen LogP contribution in [0.3, 0.4) is 0 Å². The van der Waals surface area contributed by atoms with Gasteiger partial charge in [-0.1, -0.05) is 11.6 Å². The molecule has 37 heavy (non-hydrogen) atoms. The van der Waals surface area contributed by atoms with Crippen LogP contribution >= 0.6 is 22.9 Å². The average molecular weight is 537 g/mol. The summed E-state index contributed by atoms with van der Waals surface area (Å²) in [6.45, 7) is 6.73. The maximum atomic E-state index is 13.6. The van der Waals surface area contributed by atoms with Gasteiger partial charge in [-0.05, 0) is 79.6 Å². The van der Waals surface area contributed by atoms with Crippen molar-refractivity contribution in [3.8, 4) is 0 Å². The molecule has 0 saturated carbocycles. The van der Waals surface area contributed by atoms with Crippen molar-refractivity contribution < 1.29 is 4.39 Å². The van der Waals surface area contributed by atoms with Gasteiger partial charge in [0.05, 0.1) is 10.4 Å². The summed E-state index contributed by atoms with van der Waals surface area (Å²) in [4.78, 5) is 20.8. The van der Waals surface area contributed by atoms with Crippen molar-refractivity contribution in [1.82, 2.24) is 24.8 Å². The minimum absolute atomic E-state index is 0.0978. The molecular formula is C28H30ClFN6S. The monoisotopic (exact) mass is 536 g/mol. The number of hydrogen-bond donors (Lipinski definition) is 1. The van der Waals surface area contributed by atoms with E-state index >= 15 is 0 Å². The van der Waals surface area contributed by atoms with Crippen molar-refractivity contribution in [2.75, 3.05) is 38.0 Å². The Morgan fingerprint density at radius 1 is 1.05 bits per heavy atom. The highest BCUT2D eigenvalue weighted by molar-refractivity contribution is 7.19. The fraction of sp³-hybridized carbons (Fsp3) is 0.393. The number of hydrogen-bond acceptors (Lipinski definition) is 7. The first-order chi connectivity index (χ1) is 18.1. The lowest BCUT2D eigenvalue weighted by Crippen LogP contribution is -2.46. The highest BCUT2D eigenvalue weighted by Crippen LogP contribution is 2.41. The van der Waals surface area contributed by atoms with E-state index in [0.717, 1.165) is 67.3 Å². The molecule has 1 N–H and O–H groups in total. The summed E-state index contributed by atoms with van der Waals surface area (Å²) < 4.78 is 13.6. The Labute approximate surface area is 225 Å². The van der Waals surface area contributed by atoms with Crippen LogP contribution in [0.15, 0.2) is 49.1 Å². The molecule has 6 nitrogen and oxygen atoms in total. The second-order valence-electron chi connectivity index (χ2n) is 10.0. The normalized spacial score (nSPS) is 18.7. The van der Waals surface area contributed by atoms with Gasteiger partial charge in [-0.2, -0.15) is 0 Å². The number of piperazine rings is 1. The molecule has 0 spiro atoms. The molecule has 1 atom stereocenters. The predicted octanol–water partition coefficient (Wildman–Crippen LogP) is 5.94. The number of nitrogens with one attached hydrogen (secondary N) is 1. The molecule has 4 aromatic rings. The minimum Gasteiger partial charge on any atom is -0.340 e. The van der Waals surface area contributed by atoms with E-state index in [9.17, 15) is 4.39 Å². The van der Waals surface area contributed by atoms with Crippen LogP contribution in [0.25, 0.3) is 10.2 Å². The molecule has 0 bridgehead atoms. The molecule has 6 rings (SSSR count). The van der Waals surface area contributed by atoms with Gasteiger partial charge in [0.25, 0.3) is 0 Å². The SMILES string of the molecule is Fc1ccc(Nc2ncnc3sc4c(c23)CCC(CCN2CCN(Cc3ccncc3)CC2)C4)cc1Cl. The van der Waals surface area contributed by atoms with Gasteiger partial charge in [0.15, 0.2) is 0 Å². The lowest BCUT2D eigenvalue weighted by Gasteiger charge is -2.35. The Kier molecular flexibility index (Phi) is 7.33. The van der Waals surface area contributed by atoms with Gasteiger partial charge in [-0.25, -0.2) is 14.4 Å². The summed E-state index contributed by atoms with van der Waals surface area (Å²) >= 11 is 7.78. The van der Waals surface area contributed by atoms with Gasteiger partial charge in [-0.15, -0.1) is 11.3 Å². The van der Waals surface area contributed by atoms with Crippen LogP contribution in [-0.2, 0) is 19.4 Å². The number of fused-ring (bicyclic) bond motifs is 3. The number of aryl methyl sites for hydroxylation is 1. The van der Waals surface area contributed by atoms with Crippen molar-refractivity contribution >= 4 is 44.7 Å². The molecule has 1 unspecified atom stereocenters. The first-order valence-corrected chi connectivity index (χ1v) is 14.1. The Morgan fingerprint density at radius 3 is 2.68 bits per heavy atom. The summed E-state index contributed by atoms with van der Waals surface area (Å²) in [6, 6.07) is 8.88. The van der Waals surface area contributed by atoms with Gasteiger partial charge >= 0.3 is 0 Å². The van der Waals surface area contributed by atoms with Gasteiger partial charge in [0, 0.05) is 55.7 Å². The molecule has 0 radical (unpaired) electrons. The molecule has 1 fully saturated rings. The van der Waals surface area contributed by atoms with E-state index in [2.05, 4.69) is 42.2 Å². The van der Waals surface area contributed by atoms with E-state index in [1.807, 2.05) is 12.4 Å². The van der Waals surface area contributed by atoms with Crippen LogP contribution in [0.2, 0.25) is 5.02 Å². The second-order valence-corrected chi connectivity index (χ2v) is 11.5. The lowest BCUT2D eigenvalue weighted by molar-refractivity contribution is 0.121. The Balaban J connectivity index is 1.06. The molecular weight excluding hydrogens is 507 g/mol. The summed E-state index contributed by atoms with van der Waals surface area (Å²) in [6.07, 6.45) is 9.95. The van der Waals surface area contributed by atoms with E-state index in [-0.39, 0.29) is 5.02 Å². The van der Waals surface area contributed by atoms with Crippen molar-refractivity contribution in [2.24, 2.45) is 5.92 Å². The van der Waals surface area contributed by atoms with Gasteiger partial charge in [0.1, 0.15) is 22.8 Å². The summed E-state index contributed by atoms with van der Waals surface area (Å²) in [5.41, 5.74) is 3.44. The van der Waals surface area contributed by atoms with Crippen LogP contribution in [0.5, 0.6) is 0 Å². The van der Waals surface area contributed by atoms with Crippen LogP contribution in [0, 0.1) is 11.7 Å². The number of pyridine rings is 1. The van der Waals surface area contributed by atoms with Crippen LogP contribution in [0.4, 0.5) is 15.9 Å². The van der Waals surface area contributed by atoms with Crippen molar-refractivity contribution in [3.63, 3.8) is 0 Å². The number of halogens is 2. The Morgan fingerprint density at radius 2 is 1.86 bits per heavy atom. The zero-order chi connectivity index (χ0) is 25.2. The van der Waals surface area contributed by atoms with E-state index in [0.29, 0.717) is 5.92 Å². The van der Waals surface area contributed by atoms with Crippen LogP contribution < -0.4 is 5.32 Å². The van der Waals surface area contributed by atoms with Gasteiger partial charge in [-0.3, -0.25) is 9.88 Å². The van der Waals surface area contributed by atoms with Crippen molar-refractivity contribution in [1.29, 1.82) is 0 Å². The van der Waals surface area contributed by atoms with E-state index in [1.54, 1.807) is 29.8 Å². The smallest absolute Gasteiger partial charge is 0.142 e. The number of nitrogens with zero attached hydrogens (tertiary/aromatic N) is 5. The molecule has 1 aliphatic carbocycles. The summed E-state index contributed by atoms with van der Waals surface area (Å²) in [5, 5.41) is 4.54. The third kappa shape index (κ3) is 5.62. The molecule has 2 aliphatic rings. The highest BCUT2D eigenvalue weighted by Gasteiger charge is 2.26. The van der Waals surface area contributed by atoms with Gasteiger partial charge < -0.3 is 10.2 Å².